The van der Waals surface area contributed by atoms with E-state index in [1.165, 1.54) is 0 Å². The molecule has 1 aliphatic rings. The molecule has 1 aromatic rings. The van der Waals surface area contributed by atoms with Crippen molar-refractivity contribution in [1.82, 2.24) is 14.8 Å². The number of ether oxygens (including phenoxy) is 1. The van der Waals surface area contributed by atoms with Gasteiger partial charge in [0.1, 0.15) is 0 Å². The van der Waals surface area contributed by atoms with Gasteiger partial charge in [0, 0.05) is 44.2 Å². The van der Waals surface area contributed by atoms with Crippen molar-refractivity contribution < 1.29 is 9.53 Å². The number of hydrogen-bond acceptors (Lipinski definition) is 6. The third-order valence-electron chi connectivity index (χ3n) is 3.63. The molecule has 0 unspecified atom stereocenters. The van der Waals surface area contributed by atoms with Crippen LogP contribution in [0, 0.1) is 18.3 Å². The Morgan fingerprint density at radius 3 is 2.96 bits per heavy atom. The molecule has 23 heavy (non-hydrogen) atoms. The Morgan fingerprint density at radius 2 is 2.30 bits per heavy atom. The number of morpholine rings is 1. The Morgan fingerprint density at radius 1 is 1.52 bits per heavy atom. The smallest absolute Gasteiger partial charge is 0.246 e. The summed E-state index contributed by atoms with van der Waals surface area (Å²) in [6.45, 7) is 7.11. The zero-order valence-electron chi connectivity index (χ0n) is 13.4. The summed E-state index contributed by atoms with van der Waals surface area (Å²) in [5.74, 6) is -0.0702. The first-order chi connectivity index (χ1) is 11.2. The number of amides is 1. The lowest BCUT2D eigenvalue weighted by atomic mass is 10.3. The summed E-state index contributed by atoms with van der Waals surface area (Å²) in [7, 11) is 0. The summed E-state index contributed by atoms with van der Waals surface area (Å²) in [5, 5.41) is 11.7. The molecule has 0 bridgehead atoms. The number of nitrogens with zero attached hydrogens (tertiary/aromatic N) is 4. The van der Waals surface area contributed by atoms with Crippen molar-refractivity contribution in [3.05, 3.63) is 22.2 Å². The zero-order valence-corrected chi connectivity index (χ0v) is 14.2. The van der Waals surface area contributed by atoms with Gasteiger partial charge in [0.05, 0.1) is 36.4 Å². The van der Waals surface area contributed by atoms with Crippen molar-refractivity contribution in [2.45, 2.75) is 13.3 Å². The lowest BCUT2D eigenvalue weighted by Gasteiger charge is -2.29. The van der Waals surface area contributed by atoms with E-state index in [-0.39, 0.29) is 5.91 Å². The topological polar surface area (TPSA) is 69.5 Å². The molecule has 124 valence electrons. The molecule has 0 aliphatic carbocycles. The molecule has 2 rings (SSSR count). The van der Waals surface area contributed by atoms with Gasteiger partial charge in [-0.3, -0.25) is 9.69 Å². The molecule has 2 heterocycles. The van der Waals surface area contributed by atoms with Crippen molar-refractivity contribution in [2.24, 2.45) is 0 Å². The second-order valence-electron chi connectivity index (χ2n) is 5.31. The molecule has 0 radical (unpaired) electrons. The zero-order chi connectivity index (χ0) is 16.5. The number of nitriles is 1. The average molecular weight is 334 g/mol. The predicted octanol–water partition coefficient (Wildman–Crippen LogP) is 1.54. The van der Waals surface area contributed by atoms with E-state index in [1.807, 2.05) is 12.3 Å². The molecule has 7 heteroatoms. The number of thiazole rings is 1. The van der Waals surface area contributed by atoms with Crippen LogP contribution < -0.4 is 0 Å². The molecule has 1 amide bonds. The highest BCUT2D eigenvalue weighted by Crippen LogP contribution is 2.09. The minimum Gasteiger partial charge on any atom is -0.379 e. The quantitative estimate of drug-likeness (QED) is 0.708. The molecule has 1 saturated heterocycles. The van der Waals surface area contributed by atoms with Gasteiger partial charge in [-0.1, -0.05) is 0 Å². The van der Waals surface area contributed by atoms with E-state index in [0.717, 1.165) is 43.5 Å². The number of carbonyl (C=O) groups excluding carboxylic acids is 1. The minimum atomic E-state index is -0.0702. The van der Waals surface area contributed by atoms with Gasteiger partial charge in [0.2, 0.25) is 5.91 Å². The Bertz CT molecular complexity index is 573. The monoisotopic (exact) mass is 334 g/mol. The van der Waals surface area contributed by atoms with Gasteiger partial charge in [-0.25, -0.2) is 4.98 Å². The lowest BCUT2D eigenvalue weighted by molar-refractivity contribution is -0.126. The van der Waals surface area contributed by atoms with E-state index < -0.39 is 0 Å². The maximum Gasteiger partial charge on any atom is 0.246 e. The molecular formula is C16H22N4O2S. The molecular weight excluding hydrogens is 312 g/mol. The SMILES string of the molecule is Cc1nc(C=CC(=O)N(CCC#N)CCN2CCOCC2)cs1. The van der Waals surface area contributed by atoms with E-state index in [1.54, 1.807) is 28.4 Å². The fraction of sp³-hybridized carbons (Fsp3) is 0.562. The van der Waals surface area contributed by atoms with Crippen molar-refractivity contribution in [3.8, 4) is 6.07 Å². The number of hydrogen-bond donors (Lipinski definition) is 0. The van der Waals surface area contributed by atoms with Crippen LogP contribution in [0.5, 0.6) is 0 Å². The highest BCUT2D eigenvalue weighted by molar-refractivity contribution is 7.09. The van der Waals surface area contributed by atoms with Crippen LogP contribution in [0.3, 0.4) is 0 Å². The van der Waals surface area contributed by atoms with Gasteiger partial charge in [-0.05, 0) is 13.0 Å². The molecule has 0 spiro atoms. The summed E-state index contributed by atoms with van der Waals surface area (Å²) < 4.78 is 5.33. The molecule has 0 N–H and O–H groups in total. The van der Waals surface area contributed by atoms with Gasteiger partial charge in [-0.2, -0.15) is 5.26 Å². The fourth-order valence-electron chi connectivity index (χ4n) is 2.32. The predicted molar refractivity (Wildman–Crippen MR) is 90.0 cm³/mol. The average Bonchev–Trinajstić information content (AvgIpc) is 2.99. The van der Waals surface area contributed by atoms with Crippen LogP contribution in [0.1, 0.15) is 17.1 Å². The maximum absolute atomic E-state index is 12.4. The van der Waals surface area contributed by atoms with E-state index in [4.69, 9.17) is 10.00 Å². The molecule has 0 atom stereocenters. The van der Waals surface area contributed by atoms with Crippen LogP contribution in [0.2, 0.25) is 0 Å². The number of aromatic nitrogens is 1. The Balaban J connectivity index is 1.88. The van der Waals surface area contributed by atoms with E-state index >= 15 is 0 Å². The Labute approximate surface area is 141 Å². The minimum absolute atomic E-state index is 0.0702. The molecule has 0 saturated carbocycles. The normalized spacial score (nSPS) is 15.7. The van der Waals surface area contributed by atoms with Gasteiger partial charge in [0.15, 0.2) is 0 Å². The molecule has 1 fully saturated rings. The van der Waals surface area contributed by atoms with E-state index in [2.05, 4.69) is 16.0 Å². The number of carbonyl (C=O) groups is 1. The second-order valence-corrected chi connectivity index (χ2v) is 6.37. The van der Waals surface area contributed by atoms with Crippen LogP contribution in [0.15, 0.2) is 11.5 Å². The van der Waals surface area contributed by atoms with Crippen molar-refractivity contribution in [1.29, 1.82) is 5.26 Å². The van der Waals surface area contributed by atoms with Crippen LogP contribution >= 0.6 is 11.3 Å². The first-order valence-electron chi connectivity index (χ1n) is 7.75. The molecule has 0 aromatic carbocycles. The Hall–Kier alpha value is -1.75. The maximum atomic E-state index is 12.4. The van der Waals surface area contributed by atoms with Gasteiger partial charge in [-0.15, -0.1) is 11.3 Å². The third-order valence-corrected chi connectivity index (χ3v) is 4.42. The lowest BCUT2D eigenvalue weighted by Crippen LogP contribution is -2.43. The summed E-state index contributed by atoms with van der Waals surface area (Å²) in [4.78, 5) is 20.7. The van der Waals surface area contributed by atoms with Crippen LogP contribution in [-0.4, -0.2) is 66.6 Å². The summed E-state index contributed by atoms with van der Waals surface area (Å²) in [6, 6.07) is 2.11. The third kappa shape index (κ3) is 6.10. The standard InChI is InChI=1S/C16H22N4O2S/c1-14-18-15(13-23-14)3-4-16(21)20(6-2-5-17)8-7-19-9-11-22-12-10-19/h3-4,13H,2,6-12H2,1H3. The largest absolute Gasteiger partial charge is 0.379 e. The fourth-order valence-corrected chi connectivity index (χ4v) is 2.90. The van der Waals surface area contributed by atoms with Crippen LogP contribution in [0.4, 0.5) is 0 Å². The van der Waals surface area contributed by atoms with Crippen LogP contribution in [0.25, 0.3) is 6.08 Å². The van der Waals surface area contributed by atoms with Crippen molar-refractivity contribution in [3.63, 3.8) is 0 Å². The van der Waals surface area contributed by atoms with Crippen LogP contribution in [-0.2, 0) is 9.53 Å². The summed E-state index contributed by atoms with van der Waals surface area (Å²) in [6.07, 6.45) is 3.63. The number of rotatable bonds is 7. The Kier molecular flexibility index (Phi) is 7.20. The van der Waals surface area contributed by atoms with E-state index in [0.29, 0.717) is 19.5 Å². The van der Waals surface area contributed by atoms with Gasteiger partial charge in [0.25, 0.3) is 0 Å². The summed E-state index contributed by atoms with van der Waals surface area (Å²) >= 11 is 1.56. The molecule has 1 aromatic heterocycles. The highest BCUT2D eigenvalue weighted by atomic mass is 32.1. The van der Waals surface area contributed by atoms with Gasteiger partial charge >= 0.3 is 0 Å². The second kappa shape index (κ2) is 9.40. The van der Waals surface area contributed by atoms with Crippen molar-refractivity contribution in [2.75, 3.05) is 45.9 Å². The van der Waals surface area contributed by atoms with Crippen molar-refractivity contribution >= 4 is 23.3 Å². The van der Waals surface area contributed by atoms with Gasteiger partial charge < -0.3 is 9.64 Å². The first kappa shape index (κ1) is 17.6. The number of aryl methyl sites for hydroxylation is 1. The molecule has 6 nitrogen and oxygen atoms in total. The van der Waals surface area contributed by atoms with E-state index in [9.17, 15) is 4.79 Å². The summed E-state index contributed by atoms with van der Waals surface area (Å²) in [5.41, 5.74) is 0.800. The highest BCUT2D eigenvalue weighted by Gasteiger charge is 2.15. The first-order valence-corrected chi connectivity index (χ1v) is 8.63. The molecule has 1 aliphatic heterocycles.